The van der Waals surface area contributed by atoms with Gasteiger partial charge in [0, 0.05) is 25.4 Å². The number of nitrogens with zero attached hydrogens (tertiary/aromatic N) is 2. The predicted molar refractivity (Wildman–Crippen MR) is 109 cm³/mol. The first kappa shape index (κ1) is 20.2. The van der Waals surface area contributed by atoms with E-state index in [9.17, 15) is 13.2 Å². The topological polar surface area (TPSA) is 79.4 Å². The molecule has 1 aliphatic rings. The van der Waals surface area contributed by atoms with Gasteiger partial charge in [-0.15, -0.1) is 0 Å². The van der Waals surface area contributed by atoms with Crippen LogP contribution in [0.3, 0.4) is 0 Å². The summed E-state index contributed by atoms with van der Waals surface area (Å²) in [7, 11) is -3.45. The number of rotatable bonds is 6. The number of amides is 1. The molecule has 28 heavy (non-hydrogen) atoms. The highest BCUT2D eigenvalue weighted by molar-refractivity contribution is 7.89. The van der Waals surface area contributed by atoms with Crippen molar-refractivity contribution >= 4 is 22.0 Å². The highest BCUT2D eigenvalue weighted by Gasteiger charge is 2.24. The summed E-state index contributed by atoms with van der Waals surface area (Å²) in [5, 5.41) is 2.76. The summed E-state index contributed by atoms with van der Waals surface area (Å²) in [4.78, 5) is 16.4. The number of sulfonamides is 1. The van der Waals surface area contributed by atoms with Crippen LogP contribution in [-0.4, -0.2) is 36.7 Å². The maximum absolute atomic E-state index is 12.8. The van der Waals surface area contributed by atoms with E-state index >= 15 is 0 Å². The fraction of sp³-hybridized carbons (Fsp3) is 0.333. The van der Waals surface area contributed by atoms with E-state index in [0.717, 1.165) is 36.9 Å². The minimum Gasteiger partial charge on any atom is -0.347 e. The molecule has 3 rings (SSSR count). The zero-order valence-electron chi connectivity index (χ0n) is 15.8. The molecule has 1 aromatic carbocycles. The third kappa shape index (κ3) is 5.50. The molecule has 0 atom stereocenters. The molecule has 0 aliphatic carbocycles. The average molecular weight is 400 g/mol. The highest BCUT2D eigenvalue weighted by Crippen LogP contribution is 2.20. The van der Waals surface area contributed by atoms with Crippen molar-refractivity contribution in [3.63, 3.8) is 0 Å². The third-order valence-corrected chi connectivity index (χ3v) is 6.59. The SMILES string of the molecule is O=C(/C=C/c1ccc(S(=O)(=O)N2CCCCCC2)cc1)NCc1ccccn1. The molecule has 1 saturated heterocycles. The smallest absolute Gasteiger partial charge is 0.244 e. The van der Waals surface area contributed by atoms with Gasteiger partial charge in [0.2, 0.25) is 15.9 Å². The van der Waals surface area contributed by atoms with Crippen LogP contribution in [-0.2, 0) is 21.4 Å². The number of benzene rings is 1. The second kappa shape index (κ2) is 9.61. The molecule has 0 spiro atoms. The van der Waals surface area contributed by atoms with Crippen LogP contribution in [0.15, 0.2) is 59.6 Å². The number of pyridine rings is 1. The van der Waals surface area contributed by atoms with E-state index in [1.54, 1.807) is 40.8 Å². The van der Waals surface area contributed by atoms with Crippen LogP contribution in [0.4, 0.5) is 0 Å². The summed E-state index contributed by atoms with van der Waals surface area (Å²) in [6, 6.07) is 12.2. The number of aromatic nitrogens is 1. The van der Waals surface area contributed by atoms with Crippen LogP contribution in [0.5, 0.6) is 0 Å². The van der Waals surface area contributed by atoms with Crippen LogP contribution in [0, 0.1) is 0 Å². The van der Waals surface area contributed by atoms with Crippen molar-refractivity contribution < 1.29 is 13.2 Å². The Hall–Kier alpha value is -2.51. The summed E-state index contributed by atoms with van der Waals surface area (Å²) in [5.41, 5.74) is 1.55. The molecule has 6 nitrogen and oxygen atoms in total. The predicted octanol–water partition coefficient (Wildman–Crippen LogP) is 2.98. The lowest BCUT2D eigenvalue weighted by Gasteiger charge is -2.19. The molecule has 0 saturated carbocycles. The molecule has 1 aromatic heterocycles. The summed E-state index contributed by atoms with van der Waals surface area (Å²) in [6.45, 7) is 1.53. The fourth-order valence-electron chi connectivity index (χ4n) is 3.09. The van der Waals surface area contributed by atoms with Gasteiger partial charge in [-0.1, -0.05) is 31.0 Å². The molecule has 7 heteroatoms. The second-order valence-electron chi connectivity index (χ2n) is 6.76. The largest absolute Gasteiger partial charge is 0.347 e. The van der Waals surface area contributed by atoms with Crippen molar-refractivity contribution in [1.82, 2.24) is 14.6 Å². The van der Waals surface area contributed by atoms with E-state index in [-0.39, 0.29) is 5.91 Å². The van der Waals surface area contributed by atoms with Crippen LogP contribution in [0.2, 0.25) is 0 Å². The minimum absolute atomic E-state index is 0.230. The molecule has 1 amide bonds. The highest BCUT2D eigenvalue weighted by atomic mass is 32.2. The zero-order valence-corrected chi connectivity index (χ0v) is 16.6. The van der Waals surface area contributed by atoms with Crippen LogP contribution < -0.4 is 5.32 Å². The van der Waals surface area contributed by atoms with Gasteiger partial charge >= 0.3 is 0 Å². The van der Waals surface area contributed by atoms with Gasteiger partial charge in [0.25, 0.3) is 0 Å². The molecule has 0 radical (unpaired) electrons. The minimum atomic E-state index is -3.45. The summed E-state index contributed by atoms with van der Waals surface area (Å²) < 4.78 is 27.1. The van der Waals surface area contributed by atoms with E-state index in [4.69, 9.17) is 0 Å². The zero-order chi connectivity index (χ0) is 19.8. The normalized spacial score (nSPS) is 16.0. The Kier molecular flexibility index (Phi) is 6.95. The molecular weight excluding hydrogens is 374 g/mol. The van der Waals surface area contributed by atoms with E-state index in [1.165, 1.54) is 6.08 Å². The molecule has 1 fully saturated rings. The quantitative estimate of drug-likeness (QED) is 0.758. The lowest BCUT2D eigenvalue weighted by Crippen LogP contribution is -2.31. The summed E-state index contributed by atoms with van der Waals surface area (Å²) in [6.07, 6.45) is 8.76. The van der Waals surface area contributed by atoms with Gasteiger partial charge in [-0.3, -0.25) is 9.78 Å². The maximum Gasteiger partial charge on any atom is 0.244 e. The van der Waals surface area contributed by atoms with Crippen molar-refractivity contribution in [2.24, 2.45) is 0 Å². The lowest BCUT2D eigenvalue weighted by molar-refractivity contribution is -0.116. The van der Waals surface area contributed by atoms with Crippen LogP contribution >= 0.6 is 0 Å². The van der Waals surface area contributed by atoms with Gasteiger partial charge in [0.1, 0.15) is 0 Å². The Balaban J connectivity index is 1.59. The van der Waals surface area contributed by atoms with Crippen molar-refractivity contribution in [2.45, 2.75) is 37.1 Å². The maximum atomic E-state index is 12.8. The molecule has 1 N–H and O–H groups in total. The summed E-state index contributed by atoms with van der Waals surface area (Å²) in [5.74, 6) is -0.230. The Morgan fingerprint density at radius 1 is 1.04 bits per heavy atom. The Labute approximate surface area is 166 Å². The monoisotopic (exact) mass is 399 g/mol. The molecule has 1 aliphatic heterocycles. The van der Waals surface area contributed by atoms with Crippen molar-refractivity contribution in [2.75, 3.05) is 13.1 Å². The van der Waals surface area contributed by atoms with E-state index in [2.05, 4.69) is 10.3 Å². The van der Waals surface area contributed by atoms with E-state index in [0.29, 0.717) is 24.5 Å². The molecular formula is C21H25N3O3S. The van der Waals surface area contributed by atoms with Gasteiger partial charge in [0.05, 0.1) is 17.1 Å². The first-order valence-corrected chi connectivity index (χ1v) is 11.0. The molecule has 148 valence electrons. The molecule has 0 unspecified atom stereocenters. The Morgan fingerprint density at radius 3 is 2.39 bits per heavy atom. The van der Waals surface area contributed by atoms with Crippen molar-refractivity contribution in [3.8, 4) is 0 Å². The first-order chi connectivity index (χ1) is 13.6. The van der Waals surface area contributed by atoms with Gasteiger partial charge < -0.3 is 5.32 Å². The fourth-order valence-corrected chi connectivity index (χ4v) is 4.61. The Bertz CT molecular complexity index is 902. The van der Waals surface area contributed by atoms with E-state index in [1.807, 2.05) is 18.2 Å². The number of hydrogen-bond donors (Lipinski definition) is 1. The lowest BCUT2D eigenvalue weighted by atomic mass is 10.2. The average Bonchev–Trinajstić information content (AvgIpc) is 3.02. The van der Waals surface area contributed by atoms with Gasteiger partial charge in [-0.25, -0.2) is 8.42 Å². The number of carbonyl (C=O) groups excluding carboxylic acids is 1. The van der Waals surface area contributed by atoms with E-state index < -0.39 is 10.0 Å². The number of hydrogen-bond acceptors (Lipinski definition) is 4. The van der Waals surface area contributed by atoms with Crippen molar-refractivity contribution in [1.29, 1.82) is 0 Å². The molecule has 0 bridgehead atoms. The number of carbonyl (C=O) groups is 1. The third-order valence-electron chi connectivity index (χ3n) is 4.68. The van der Waals surface area contributed by atoms with Gasteiger partial charge in [-0.2, -0.15) is 4.31 Å². The van der Waals surface area contributed by atoms with Crippen LogP contribution in [0.1, 0.15) is 36.9 Å². The Morgan fingerprint density at radius 2 is 1.75 bits per heavy atom. The van der Waals surface area contributed by atoms with Crippen molar-refractivity contribution in [3.05, 3.63) is 66.0 Å². The standard InChI is InChI=1S/C21H25N3O3S/c25-21(23-17-19-7-3-4-14-22-19)13-10-18-8-11-20(12-9-18)28(26,27)24-15-5-1-2-6-16-24/h3-4,7-14H,1-2,5-6,15-17H2,(H,23,25)/b13-10+. The van der Waals surface area contributed by atoms with Gasteiger partial charge in [0.15, 0.2) is 0 Å². The van der Waals surface area contributed by atoms with Gasteiger partial charge in [-0.05, 0) is 48.7 Å². The number of nitrogens with one attached hydrogen (secondary N) is 1. The molecule has 2 aromatic rings. The summed E-state index contributed by atoms with van der Waals surface area (Å²) >= 11 is 0. The molecule has 2 heterocycles. The second-order valence-corrected chi connectivity index (χ2v) is 8.70. The first-order valence-electron chi connectivity index (χ1n) is 9.52. The van der Waals surface area contributed by atoms with Crippen LogP contribution in [0.25, 0.3) is 6.08 Å².